The molecule has 3 aromatic rings. The maximum absolute atomic E-state index is 11.6. The molecule has 6 heteroatoms. The lowest BCUT2D eigenvalue weighted by Crippen LogP contribution is -2.11. The number of hydrogen-bond donors (Lipinski definition) is 1. The van der Waals surface area contributed by atoms with Crippen molar-refractivity contribution in [3.8, 4) is 11.5 Å². The van der Waals surface area contributed by atoms with Crippen LogP contribution in [-0.2, 0) is 13.5 Å². The summed E-state index contributed by atoms with van der Waals surface area (Å²) in [5, 5.41) is 3.98. The van der Waals surface area contributed by atoms with Crippen molar-refractivity contribution in [3.05, 3.63) is 34.5 Å². The number of aryl methyl sites for hydroxylation is 1. The smallest absolute Gasteiger partial charge is 0.326 e. The molecular formula is C14H16N4O2. The molecule has 2 heterocycles. The Kier molecular flexibility index (Phi) is 2.93. The van der Waals surface area contributed by atoms with Crippen LogP contribution in [0.3, 0.4) is 0 Å². The molecular weight excluding hydrogens is 256 g/mol. The highest BCUT2D eigenvalue weighted by Gasteiger charge is 2.12. The van der Waals surface area contributed by atoms with Gasteiger partial charge >= 0.3 is 5.69 Å². The zero-order valence-electron chi connectivity index (χ0n) is 11.7. The number of imidazole rings is 1. The summed E-state index contributed by atoms with van der Waals surface area (Å²) in [5.74, 6) is 1.67. The van der Waals surface area contributed by atoms with Gasteiger partial charge in [-0.15, -0.1) is 0 Å². The molecule has 2 aromatic heterocycles. The van der Waals surface area contributed by atoms with E-state index in [4.69, 9.17) is 4.52 Å². The Morgan fingerprint density at radius 2 is 2.20 bits per heavy atom. The molecule has 0 unspecified atom stereocenters. The van der Waals surface area contributed by atoms with Crippen LogP contribution in [0, 0.1) is 5.92 Å². The number of nitrogens with one attached hydrogen (secondary N) is 1. The van der Waals surface area contributed by atoms with Crippen LogP contribution in [0.25, 0.3) is 22.5 Å². The summed E-state index contributed by atoms with van der Waals surface area (Å²) in [6, 6.07) is 5.59. The van der Waals surface area contributed by atoms with E-state index in [0.717, 1.165) is 23.0 Å². The number of aromatic nitrogens is 4. The molecule has 20 heavy (non-hydrogen) atoms. The van der Waals surface area contributed by atoms with E-state index in [-0.39, 0.29) is 5.69 Å². The summed E-state index contributed by atoms with van der Waals surface area (Å²) < 4.78 is 6.85. The summed E-state index contributed by atoms with van der Waals surface area (Å²) in [6.07, 6.45) is 0.786. The molecule has 0 fully saturated rings. The molecule has 0 bridgehead atoms. The fourth-order valence-electron chi connectivity index (χ4n) is 2.18. The second kappa shape index (κ2) is 4.63. The van der Waals surface area contributed by atoms with E-state index in [0.29, 0.717) is 17.6 Å². The van der Waals surface area contributed by atoms with Crippen molar-refractivity contribution in [2.75, 3.05) is 0 Å². The Hall–Kier alpha value is -2.37. The van der Waals surface area contributed by atoms with Gasteiger partial charge in [0.25, 0.3) is 5.89 Å². The fourth-order valence-corrected chi connectivity index (χ4v) is 2.18. The number of rotatable bonds is 3. The predicted octanol–water partition coefficient (Wildman–Crippen LogP) is 2.12. The second-order valence-electron chi connectivity index (χ2n) is 5.33. The van der Waals surface area contributed by atoms with Crippen molar-refractivity contribution in [2.45, 2.75) is 20.3 Å². The van der Waals surface area contributed by atoms with Gasteiger partial charge in [0, 0.05) is 19.0 Å². The molecule has 0 saturated heterocycles. The van der Waals surface area contributed by atoms with Crippen molar-refractivity contribution in [3.63, 3.8) is 0 Å². The number of aromatic amines is 1. The van der Waals surface area contributed by atoms with Gasteiger partial charge in [-0.3, -0.25) is 4.57 Å². The molecule has 0 radical (unpaired) electrons. The Balaban J connectivity index is 2.03. The van der Waals surface area contributed by atoms with Crippen LogP contribution in [0.15, 0.2) is 27.5 Å². The lowest BCUT2D eigenvalue weighted by molar-refractivity contribution is 0.418. The molecule has 3 rings (SSSR count). The first-order chi connectivity index (χ1) is 9.54. The standard InChI is InChI=1S/C14H16N4O2/c1-8(2)6-12-16-13(20-17-12)9-4-5-10-11(7-9)18(3)14(19)15-10/h4-5,7-8H,6H2,1-3H3,(H,15,19). The molecule has 104 valence electrons. The normalized spacial score (nSPS) is 11.6. The van der Waals surface area contributed by atoms with Crippen molar-refractivity contribution >= 4 is 11.0 Å². The van der Waals surface area contributed by atoms with Gasteiger partial charge in [-0.25, -0.2) is 4.79 Å². The zero-order chi connectivity index (χ0) is 14.3. The lowest BCUT2D eigenvalue weighted by Gasteiger charge is -1.97. The zero-order valence-corrected chi connectivity index (χ0v) is 11.7. The van der Waals surface area contributed by atoms with Crippen molar-refractivity contribution in [1.82, 2.24) is 19.7 Å². The number of nitrogens with zero attached hydrogens (tertiary/aromatic N) is 3. The van der Waals surface area contributed by atoms with E-state index >= 15 is 0 Å². The van der Waals surface area contributed by atoms with Crippen LogP contribution in [0.1, 0.15) is 19.7 Å². The number of H-pyrrole nitrogens is 1. The highest BCUT2D eigenvalue weighted by molar-refractivity contribution is 5.80. The monoisotopic (exact) mass is 272 g/mol. The van der Waals surface area contributed by atoms with Crippen molar-refractivity contribution < 1.29 is 4.52 Å². The minimum Gasteiger partial charge on any atom is -0.334 e. The van der Waals surface area contributed by atoms with Gasteiger partial charge in [-0.05, 0) is 24.1 Å². The lowest BCUT2D eigenvalue weighted by atomic mass is 10.1. The van der Waals surface area contributed by atoms with E-state index in [1.165, 1.54) is 0 Å². The summed E-state index contributed by atoms with van der Waals surface area (Å²) >= 11 is 0. The molecule has 0 atom stereocenters. The van der Waals surface area contributed by atoms with Crippen molar-refractivity contribution in [2.24, 2.45) is 13.0 Å². The van der Waals surface area contributed by atoms with E-state index in [1.807, 2.05) is 18.2 Å². The predicted molar refractivity (Wildman–Crippen MR) is 75.4 cm³/mol. The Labute approximate surface area is 115 Å². The molecule has 1 N–H and O–H groups in total. The summed E-state index contributed by atoms with van der Waals surface area (Å²) in [7, 11) is 1.73. The summed E-state index contributed by atoms with van der Waals surface area (Å²) in [6.45, 7) is 4.22. The largest absolute Gasteiger partial charge is 0.334 e. The Bertz CT molecular complexity index is 810. The number of hydrogen-bond acceptors (Lipinski definition) is 4. The quantitative estimate of drug-likeness (QED) is 0.792. The van der Waals surface area contributed by atoms with Gasteiger partial charge in [0.15, 0.2) is 5.82 Å². The van der Waals surface area contributed by atoms with Crippen LogP contribution in [-0.4, -0.2) is 19.7 Å². The topological polar surface area (TPSA) is 76.7 Å². The van der Waals surface area contributed by atoms with Gasteiger partial charge < -0.3 is 9.51 Å². The first-order valence-electron chi connectivity index (χ1n) is 6.56. The minimum absolute atomic E-state index is 0.136. The van der Waals surface area contributed by atoms with Crippen LogP contribution in [0.2, 0.25) is 0 Å². The summed E-state index contributed by atoms with van der Waals surface area (Å²) in [4.78, 5) is 18.7. The highest BCUT2D eigenvalue weighted by Crippen LogP contribution is 2.22. The SMILES string of the molecule is CC(C)Cc1noc(-c2ccc3[nH]c(=O)n(C)c3c2)n1. The average Bonchev–Trinajstić information content (AvgIpc) is 2.95. The third kappa shape index (κ3) is 2.13. The highest BCUT2D eigenvalue weighted by atomic mass is 16.5. The van der Waals surface area contributed by atoms with Crippen LogP contribution >= 0.6 is 0 Å². The first-order valence-corrected chi connectivity index (χ1v) is 6.56. The third-order valence-electron chi connectivity index (χ3n) is 3.21. The molecule has 0 aliphatic heterocycles. The minimum atomic E-state index is -0.136. The van der Waals surface area contributed by atoms with Crippen LogP contribution in [0.5, 0.6) is 0 Å². The van der Waals surface area contributed by atoms with Crippen LogP contribution < -0.4 is 5.69 Å². The van der Waals surface area contributed by atoms with Gasteiger partial charge in [0.05, 0.1) is 11.0 Å². The van der Waals surface area contributed by atoms with E-state index in [9.17, 15) is 4.79 Å². The van der Waals surface area contributed by atoms with Crippen LogP contribution in [0.4, 0.5) is 0 Å². The average molecular weight is 272 g/mol. The summed E-state index contributed by atoms with van der Waals surface area (Å²) in [5.41, 5.74) is 2.29. The van der Waals surface area contributed by atoms with Crippen molar-refractivity contribution in [1.29, 1.82) is 0 Å². The molecule has 6 nitrogen and oxygen atoms in total. The molecule has 1 aromatic carbocycles. The Morgan fingerprint density at radius 1 is 1.40 bits per heavy atom. The maximum atomic E-state index is 11.6. The van der Waals surface area contributed by atoms with Gasteiger partial charge in [-0.2, -0.15) is 4.98 Å². The van der Waals surface area contributed by atoms with Gasteiger partial charge in [0.1, 0.15) is 0 Å². The molecule has 0 saturated carbocycles. The Morgan fingerprint density at radius 3 is 2.95 bits per heavy atom. The number of fused-ring (bicyclic) bond motifs is 1. The fraction of sp³-hybridized carbons (Fsp3) is 0.357. The molecule has 0 spiro atoms. The first kappa shape index (κ1) is 12.7. The van der Waals surface area contributed by atoms with Gasteiger partial charge in [0.2, 0.25) is 0 Å². The molecule has 0 aliphatic rings. The third-order valence-corrected chi connectivity index (χ3v) is 3.21. The molecule has 0 aliphatic carbocycles. The van der Waals surface area contributed by atoms with Gasteiger partial charge in [-0.1, -0.05) is 19.0 Å². The number of benzene rings is 1. The van der Waals surface area contributed by atoms with E-state index < -0.39 is 0 Å². The molecule has 0 amide bonds. The van der Waals surface area contributed by atoms with E-state index in [1.54, 1.807) is 11.6 Å². The maximum Gasteiger partial charge on any atom is 0.326 e. The van der Waals surface area contributed by atoms with E-state index in [2.05, 4.69) is 29.0 Å². The second-order valence-corrected chi connectivity index (χ2v) is 5.33.